The Morgan fingerprint density at radius 2 is 1.83 bits per heavy atom. The van der Waals surface area contributed by atoms with Crippen molar-refractivity contribution in [3.05, 3.63) is 90.2 Å². The highest BCUT2D eigenvalue weighted by Gasteiger charge is 2.25. The monoisotopic (exact) mass is 414 g/mol. The number of anilines is 1. The molecule has 5 aromatic rings. The van der Waals surface area contributed by atoms with Crippen molar-refractivity contribution in [2.45, 2.75) is 6.54 Å². The van der Waals surface area contributed by atoms with Gasteiger partial charge in [-0.15, -0.1) is 0 Å². The molecule has 0 aliphatic carbocycles. The predicted octanol–water partition coefficient (Wildman–Crippen LogP) is 5.90. The van der Waals surface area contributed by atoms with Crippen LogP contribution in [0.3, 0.4) is 0 Å². The van der Waals surface area contributed by atoms with Crippen LogP contribution < -0.4 is 9.64 Å². The number of carbonyl (C=O) groups excluding carboxylic acids is 1. The van der Waals surface area contributed by atoms with E-state index in [1.807, 2.05) is 72.8 Å². The summed E-state index contributed by atoms with van der Waals surface area (Å²) in [4.78, 5) is 19.9. The Morgan fingerprint density at radius 1 is 1.03 bits per heavy atom. The smallest absolute Gasteiger partial charge is 0.296 e. The summed E-state index contributed by atoms with van der Waals surface area (Å²) in [5.74, 6) is 0.834. The van der Waals surface area contributed by atoms with Gasteiger partial charge in [0, 0.05) is 5.39 Å². The standard InChI is InChI=1S/C24H18N2O3S/c1-28-18-11-12-19-22(14-18)30-24(25-19)26(15-16-7-3-2-4-8-16)23(27)21-13-17-9-5-6-10-20(17)29-21/h2-14H,15H2,1H3. The fourth-order valence-corrected chi connectivity index (χ4v) is 4.34. The van der Waals surface area contributed by atoms with Crippen LogP contribution in [0.1, 0.15) is 16.1 Å². The summed E-state index contributed by atoms with van der Waals surface area (Å²) in [5.41, 5.74) is 2.53. The maximum absolute atomic E-state index is 13.5. The van der Waals surface area contributed by atoms with Gasteiger partial charge in [0.25, 0.3) is 5.91 Å². The van der Waals surface area contributed by atoms with Crippen molar-refractivity contribution in [2.75, 3.05) is 12.0 Å². The minimum absolute atomic E-state index is 0.221. The van der Waals surface area contributed by atoms with Gasteiger partial charge in [-0.2, -0.15) is 0 Å². The molecule has 0 aliphatic rings. The third-order valence-corrected chi connectivity index (χ3v) is 5.92. The number of methoxy groups -OCH3 is 1. The number of hydrogen-bond donors (Lipinski definition) is 0. The van der Waals surface area contributed by atoms with Crippen molar-refractivity contribution >= 4 is 43.6 Å². The molecule has 0 saturated carbocycles. The molecule has 5 nitrogen and oxygen atoms in total. The van der Waals surface area contributed by atoms with Crippen LogP contribution >= 0.6 is 11.3 Å². The minimum atomic E-state index is -0.221. The number of rotatable bonds is 5. The number of hydrogen-bond acceptors (Lipinski definition) is 5. The van der Waals surface area contributed by atoms with Gasteiger partial charge in [-0.05, 0) is 35.9 Å². The maximum Gasteiger partial charge on any atom is 0.296 e. The van der Waals surface area contributed by atoms with Gasteiger partial charge in [-0.25, -0.2) is 4.98 Å². The first-order valence-corrected chi connectivity index (χ1v) is 10.3. The van der Waals surface area contributed by atoms with Gasteiger partial charge >= 0.3 is 0 Å². The van der Waals surface area contributed by atoms with E-state index >= 15 is 0 Å². The van der Waals surface area contributed by atoms with Gasteiger partial charge in [0.05, 0.1) is 23.9 Å². The van der Waals surface area contributed by atoms with Crippen LogP contribution in [-0.4, -0.2) is 18.0 Å². The molecule has 0 aliphatic heterocycles. The van der Waals surface area contributed by atoms with E-state index < -0.39 is 0 Å². The highest BCUT2D eigenvalue weighted by Crippen LogP contribution is 2.33. The number of para-hydroxylation sites is 1. The van der Waals surface area contributed by atoms with E-state index in [-0.39, 0.29) is 5.91 Å². The second kappa shape index (κ2) is 7.65. The second-order valence-corrected chi connectivity index (χ2v) is 7.86. The number of amides is 1. The number of ether oxygens (including phenoxy) is 1. The van der Waals surface area contributed by atoms with Crippen molar-refractivity contribution < 1.29 is 13.9 Å². The quantitative estimate of drug-likeness (QED) is 0.359. The third kappa shape index (κ3) is 3.42. The highest BCUT2D eigenvalue weighted by atomic mass is 32.1. The van der Waals surface area contributed by atoms with E-state index in [1.54, 1.807) is 18.1 Å². The normalized spacial score (nSPS) is 11.1. The van der Waals surface area contributed by atoms with Crippen LogP contribution in [0, 0.1) is 0 Å². The van der Waals surface area contributed by atoms with Gasteiger partial charge in [-0.3, -0.25) is 9.69 Å². The van der Waals surface area contributed by atoms with Gasteiger partial charge in [0.15, 0.2) is 10.9 Å². The zero-order valence-corrected chi connectivity index (χ0v) is 17.1. The number of aromatic nitrogens is 1. The molecule has 0 spiro atoms. The molecule has 5 rings (SSSR count). The Labute approximate surface area is 177 Å². The Balaban J connectivity index is 1.58. The van der Waals surface area contributed by atoms with Gasteiger partial charge in [0.2, 0.25) is 0 Å². The molecule has 2 aromatic heterocycles. The van der Waals surface area contributed by atoms with Crippen LogP contribution in [-0.2, 0) is 6.54 Å². The lowest BCUT2D eigenvalue weighted by Gasteiger charge is -2.18. The SMILES string of the molecule is COc1ccc2nc(N(Cc3ccccc3)C(=O)c3cc4ccccc4o3)sc2c1. The predicted molar refractivity (Wildman–Crippen MR) is 119 cm³/mol. The van der Waals surface area contributed by atoms with E-state index in [0.29, 0.717) is 23.0 Å². The molecule has 0 fully saturated rings. The number of thiazole rings is 1. The highest BCUT2D eigenvalue weighted by molar-refractivity contribution is 7.22. The lowest BCUT2D eigenvalue weighted by Crippen LogP contribution is -2.30. The zero-order chi connectivity index (χ0) is 20.5. The Morgan fingerprint density at radius 3 is 2.63 bits per heavy atom. The Hall–Kier alpha value is -3.64. The van der Waals surface area contributed by atoms with Gasteiger partial charge in [-0.1, -0.05) is 59.9 Å². The molecule has 6 heteroatoms. The lowest BCUT2D eigenvalue weighted by molar-refractivity contribution is 0.0960. The fraction of sp³-hybridized carbons (Fsp3) is 0.0833. The topological polar surface area (TPSA) is 55.6 Å². The summed E-state index contributed by atoms with van der Waals surface area (Å²) >= 11 is 1.46. The molecular formula is C24H18N2O3S. The summed E-state index contributed by atoms with van der Waals surface area (Å²) in [6.07, 6.45) is 0. The minimum Gasteiger partial charge on any atom is -0.497 e. The third-order valence-electron chi connectivity index (χ3n) is 4.88. The number of benzene rings is 3. The van der Waals surface area contributed by atoms with Crippen molar-refractivity contribution in [3.63, 3.8) is 0 Å². The molecule has 0 bridgehead atoms. The van der Waals surface area contributed by atoms with Crippen molar-refractivity contribution in [3.8, 4) is 5.75 Å². The van der Waals surface area contributed by atoms with E-state index in [4.69, 9.17) is 14.1 Å². The Kier molecular flexibility index (Phi) is 4.69. The van der Waals surface area contributed by atoms with Crippen LogP contribution in [0.5, 0.6) is 5.75 Å². The number of furan rings is 1. The fourth-order valence-electron chi connectivity index (χ4n) is 3.35. The van der Waals surface area contributed by atoms with E-state index in [0.717, 1.165) is 26.9 Å². The molecule has 30 heavy (non-hydrogen) atoms. The number of nitrogens with zero attached hydrogens (tertiary/aromatic N) is 2. The average Bonchev–Trinajstić information content (AvgIpc) is 3.41. The van der Waals surface area contributed by atoms with Gasteiger partial charge in [0.1, 0.15) is 11.3 Å². The first kappa shape index (κ1) is 18.4. The van der Waals surface area contributed by atoms with E-state index in [9.17, 15) is 4.79 Å². The molecular weight excluding hydrogens is 396 g/mol. The second-order valence-electron chi connectivity index (χ2n) is 6.86. The molecule has 148 valence electrons. The van der Waals surface area contributed by atoms with Crippen molar-refractivity contribution in [1.29, 1.82) is 0 Å². The summed E-state index contributed by atoms with van der Waals surface area (Å²) in [6.45, 7) is 0.397. The maximum atomic E-state index is 13.5. The summed E-state index contributed by atoms with van der Waals surface area (Å²) < 4.78 is 12.1. The molecule has 0 radical (unpaired) electrons. The zero-order valence-electron chi connectivity index (χ0n) is 16.2. The van der Waals surface area contributed by atoms with Crippen molar-refractivity contribution in [2.24, 2.45) is 0 Å². The first-order chi connectivity index (χ1) is 14.7. The molecule has 1 amide bonds. The number of fused-ring (bicyclic) bond motifs is 2. The largest absolute Gasteiger partial charge is 0.497 e. The van der Waals surface area contributed by atoms with Crippen LogP contribution in [0.25, 0.3) is 21.2 Å². The molecule has 2 heterocycles. The van der Waals surface area contributed by atoms with E-state index in [2.05, 4.69) is 0 Å². The number of carbonyl (C=O) groups is 1. The van der Waals surface area contributed by atoms with Crippen molar-refractivity contribution in [1.82, 2.24) is 4.98 Å². The Bertz CT molecular complexity index is 1310. The van der Waals surface area contributed by atoms with Crippen LogP contribution in [0.4, 0.5) is 5.13 Å². The van der Waals surface area contributed by atoms with Crippen LogP contribution in [0.2, 0.25) is 0 Å². The molecule has 0 N–H and O–H groups in total. The molecule has 0 unspecified atom stereocenters. The van der Waals surface area contributed by atoms with Crippen LogP contribution in [0.15, 0.2) is 83.3 Å². The molecule has 3 aromatic carbocycles. The first-order valence-electron chi connectivity index (χ1n) is 9.50. The molecule has 0 saturated heterocycles. The lowest BCUT2D eigenvalue weighted by atomic mass is 10.2. The molecule has 0 atom stereocenters. The summed E-state index contributed by atoms with van der Waals surface area (Å²) in [6, 6.07) is 25.0. The average molecular weight is 414 g/mol. The van der Waals surface area contributed by atoms with E-state index in [1.165, 1.54) is 11.3 Å². The van der Waals surface area contributed by atoms with Gasteiger partial charge < -0.3 is 9.15 Å². The summed E-state index contributed by atoms with van der Waals surface area (Å²) in [7, 11) is 1.63. The summed E-state index contributed by atoms with van der Waals surface area (Å²) in [5, 5.41) is 1.52.